The number of carbonyl (C=O) groups is 2. The summed E-state index contributed by atoms with van der Waals surface area (Å²) in [5.74, 6) is 0.694. The molecular formula is C23H24N2O4. The number of nitrogens with one attached hydrogen (secondary N) is 2. The van der Waals surface area contributed by atoms with E-state index in [0.29, 0.717) is 17.1 Å². The zero-order valence-corrected chi connectivity index (χ0v) is 16.1. The molecule has 1 aliphatic heterocycles. The molecule has 2 aliphatic rings. The number of ether oxygens (including phenoxy) is 2. The van der Waals surface area contributed by atoms with Crippen LogP contribution in [-0.2, 0) is 4.79 Å². The van der Waals surface area contributed by atoms with Gasteiger partial charge in [0.15, 0.2) is 11.5 Å². The van der Waals surface area contributed by atoms with Crippen LogP contribution in [0.5, 0.6) is 11.5 Å². The molecule has 0 radical (unpaired) electrons. The van der Waals surface area contributed by atoms with Gasteiger partial charge in [-0.1, -0.05) is 43.5 Å². The van der Waals surface area contributed by atoms with Gasteiger partial charge in [0, 0.05) is 11.6 Å². The van der Waals surface area contributed by atoms with Crippen LogP contribution < -0.4 is 20.1 Å². The van der Waals surface area contributed by atoms with Gasteiger partial charge in [-0.3, -0.25) is 9.59 Å². The third kappa shape index (κ3) is 4.77. The minimum absolute atomic E-state index is 0.144. The lowest BCUT2D eigenvalue weighted by molar-refractivity contribution is -0.118. The van der Waals surface area contributed by atoms with Gasteiger partial charge in [0.05, 0.1) is 0 Å². The normalized spacial score (nSPS) is 16.3. The molecule has 29 heavy (non-hydrogen) atoms. The highest BCUT2D eigenvalue weighted by molar-refractivity contribution is 6.05. The van der Waals surface area contributed by atoms with Crippen LogP contribution in [0.2, 0.25) is 0 Å². The van der Waals surface area contributed by atoms with Crippen LogP contribution in [0.25, 0.3) is 6.08 Å². The largest absolute Gasteiger partial charge is 0.454 e. The van der Waals surface area contributed by atoms with E-state index in [4.69, 9.17) is 9.47 Å². The molecule has 6 heteroatoms. The number of carbonyl (C=O) groups excluding carboxylic acids is 2. The predicted octanol–water partition coefficient (Wildman–Crippen LogP) is 3.64. The Morgan fingerprint density at radius 1 is 0.931 bits per heavy atom. The Balaban J connectivity index is 1.57. The van der Waals surface area contributed by atoms with Gasteiger partial charge in [-0.15, -0.1) is 0 Å². The molecular weight excluding hydrogens is 368 g/mol. The monoisotopic (exact) mass is 392 g/mol. The number of hydrogen-bond donors (Lipinski definition) is 2. The summed E-state index contributed by atoms with van der Waals surface area (Å²) in [6, 6.07) is 14.4. The second kappa shape index (κ2) is 8.82. The highest BCUT2D eigenvalue weighted by atomic mass is 16.7. The molecule has 0 atom stereocenters. The number of rotatable bonds is 5. The quantitative estimate of drug-likeness (QED) is 0.762. The molecule has 6 nitrogen and oxygen atoms in total. The second-order valence-corrected chi connectivity index (χ2v) is 7.30. The zero-order valence-electron chi connectivity index (χ0n) is 16.1. The van der Waals surface area contributed by atoms with Crippen molar-refractivity contribution in [1.82, 2.24) is 10.6 Å². The molecule has 1 saturated carbocycles. The van der Waals surface area contributed by atoms with Crippen LogP contribution in [-0.4, -0.2) is 24.6 Å². The molecule has 1 aliphatic carbocycles. The average Bonchev–Trinajstić information content (AvgIpc) is 3.22. The van der Waals surface area contributed by atoms with Gasteiger partial charge in [-0.25, -0.2) is 0 Å². The van der Waals surface area contributed by atoms with Gasteiger partial charge >= 0.3 is 0 Å². The van der Waals surface area contributed by atoms with Crippen LogP contribution in [0.1, 0.15) is 48.0 Å². The fraction of sp³-hybridized carbons (Fsp3) is 0.304. The first kappa shape index (κ1) is 19.1. The lowest BCUT2D eigenvalue weighted by Gasteiger charge is -2.23. The van der Waals surface area contributed by atoms with Gasteiger partial charge in [-0.2, -0.15) is 0 Å². The Kier molecular flexibility index (Phi) is 5.79. The molecule has 1 heterocycles. The summed E-state index contributed by atoms with van der Waals surface area (Å²) in [7, 11) is 0. The fourth-order valence-electron chi connectivity index (χ4n) is 3.62. The fourth-order valence-corrected chi connectivity index (χ4v) is 3.62. The molecule has 0 unspecified atom stereocenters. The van der Waals surface area contributed by atoms with Crippen molar-refractivity contribution in [3.8, 4) is 11.5 Å². The van der Waals surface area contributed by atoms with Crippen LogP contribution in [0.15, 0.2) is 54.2 Å². The van der Waals surface area contributed by atoms with E-state index in [1.165, 1.54) is 6.42 Å². The van der Waals surface area contributed by atoms with E-state index in [1.54, 1.807) is 42.5 Å². The van der Waals surface area contributed by atoms with E-state index in [9.17, 15) is 9.59 Å². The first-order chi connectivity index (χ1) is 14.2. The zero-order chi connectivity index (χ0) is 20.1. The first-order valence-corrected chi connectivity index (χ1v) is 9.98. The number of amides is 2. The first-order valence-electron chi connectivity index (χ1n) is 9.98. The summed E-state index contributed by atoms with van der Waals surface area (Å²) in [6.07, 6.45) is 7.04. The summed E-state index contributed by atoms with van der Waals surface area (Å²) in [5, 5.41) is 5.85. The SMILES string of the molecule is O=C(NC1CCCCC1)C(=Cc1ccc2c(c1)OCO2)NC(=O)c1ccccc1. The van der Waals surface area contributed by atoms with Crippen molar-refractivity contribution in [2.45, 2.75) is 38.1 Å². The van der Waals surface area contributed by atoms with Crippen molar-refractivity contribution in [2.75, 3.05) is 6.79 Å². The Morgan fingerprint density at radius 3 is 2.48 bits per heavy atom. The van der Waals surface area contributed by atoms with Crippen LogP contribution >= 0.6 is 0 Å². The van der Waals surface area contributed by atoms with E-state index in [2.05, 4.69) is 10.6 Å². The minimum Gasteiger partial charge on any atom is -0.454 e. The maximum Gasteiger partial charge on any atom is 0.268 e. The third-order valence-corrected chi connectivity index (χ3v) is 5.18. The van der Waals surface area contributed by atoms with Gasteiger partial charge in [0.2, 0.25) is 6.79 Å². The topological polar surface area (TPSA) is 76.7 Å². The number of benzene rings is 2. The molecule has 0 bridgehead atoms. The highest BCUT2D eigenvalue weighted by Crippen LogP contribution is 2.33. The summed E-state index contributed by atoms with van der Waals surface area (Å²) >= 11 is 0. The van der Waals surface area contributed by atoms with E-state index in [1.807, 2.05) is 12.1 Å². The molecule has 4 rings (SSSR count). The molecule has 0 spiro atoms. The maximum absolute atomic E-state index is 13.0. The standard InChI is InChI=1S/C23H24N2O4/c26-22(17-7-3-1-4-8-17)25-19(23(27)24-18-9-5-2-6-10-18)13-16-11-12-20-21(14-16)29-15-28-20/h1,3-4,7-8,11-14,18H,2,5-6,9-10,15H2,(H,24,27)(H,25,26). The van der Waals surface area contributed by atoms with Crippen LogP contribution in [0.4, 0.5) is 0 Å². The van der Waals surface area contributed by atoms with E-state index >= 15 is 0 Å². The lowest BCUT2D eigenvalue weighted by Crippen LogP contribution is -2.41. The highest BCUT2D eigenvalue weighted by Gasteiger charge is 2.21. The van der Waals surface area contributed by atoms with E-state index in [0.717, 1.165) is 31.2 Å². The molecule has 0 saturated heterocycles. The van der Waals surface area contributed by atoms with Crippen LogP contribution in [0, 0.1) is 0 Å². The summed E-state index contributed by atoms with van der Waals surface area (Å²) in [6.45, 7) is 0.183. The molecule has 2 aromatic rings. The van der Waals surface area contributed by atoms with Crippen LogP contribution in [0.3, 0.4) is 0 Å². The molecule has 2 aromatic carbocycles. The second-order valence-electron chi connectivity index (χ2n) is 7.30. The van der Waals surface area contributed by atoms with Crippen molar-refractivity contribution in [3.05, 3.63) is 65.4 Å². The third-order valence-electron chi connectivity index (χ3n) is 5.18. The van der Waals surface area contributed by atoms with Crippen molar-refractivity contribution >= 4 is 17.9 Å². The maximum atomic E-state index is 13.0. The van der Waals surface area contributed by atoms with E-state index in [-0.39, 0.29) is 30.3 Å². The number of hydrogen-bond acceptors (Lipinski definition) is 4. The van der Waals surface area contributed by atoms with Gasteiger partial charge < -0.3 is 20.1 Å². The Labute approximate surface area is 169 Å². The van der Waals surface area contributed by atoms with E-state index < -0.39 is 0 Å². The van der Waals surface area contributed by atoms with Crippen molar-refractivity contribution in [1.29, 1.82) is 0 Å². The predicted molar refractivity (Wildman–Crippen MR) is 109 cm³/mol. The Bertz CT molecular complexity index is 918. The summed E-state index contributed by atoms with van der Waals surface area (Å²) in [5.41, 5.74) is 1.45. The minimum atomic E-state index is -0.323. The van der Waals surface area contributed by atoms with Gasteiger partial charge in [0.25, 0.3) is 11.8 Å². The van der Waals surface area contributed by atoms with Crippen molar-refractivity contribution < 1.29 is 19.1 Å². The van der Waals surface area contributed by atoms with Gasteiger partial charge in [0.1, 0.15) is 5.70 Å². The van der Waals surface area contributed by atoms with Crippen molar-refractivity contribution in [3.63, 3.8) is 0 Å². The molecule has 0 aromatic heterocycles. The summed E-state index contributed by atoms with van der Waals surface area (Å²) in [4.78, 5) is 25.6. The Morgan fingerprint density at radius 2 is 1.69 bits per heavy atom. The molecule has 2 N–H and O–H groups in total. The smallest absolute Gasteiger partial charge is 0.268 e. The molecule has 1 fully saturated rings. The molecule has 150 valence electrons. The Hall–Kier alpha value is -3.28. The average molecular weight is 392 g/mol. The van der Waals surface area contributed by atoms with Crippen molar-refractivity contribution in [2.24, 2.45) is 0 Å². The molecule has 2 amide bonds. The number of fused-ring (bicyclic) bond motifs is 1. The summed E-state index contributed by atoms with van der Waals surface area (Å²) < 4.78 is 10.8. The lowest BCUT2D eigenvalue weighted by atomic mass is 9.95. The van der Waals surface area contributed by atoms with Gasteiger partial charge in [-0.05, 0) is 48.7 Å².